The Morgan fingerprint density at radius 2 is 2.23 bits per heavy atom. The summed E-state index contributed by atoms with van der Waals surface area (Å²) < 4.78 is 0. The normalized spacial score (nSPS) is 11.6. The number of pyridine rings is 1. The number of hydrogen-bond acceptors (Lipinski definition) is 5. The fourth-order valence-electron chi connectivity index (χ4n) is 1.98. The molecule has 0 fully saturated rings. The number of carbonyl (C=O) groups is 2. The molecule has 0 radical (unpaired) electrons. The topological polar surface area (TPSA) is 94.6 Å². The van der Waals surface area contributed by atoms with E-state index in [-0.39, 0.29) is 12.5 Å². The Morgan fingerprint density at radius 1 is 1.45 bits per heavy atom. The molecule has 0 spiro atoms. The molecular weight excluding hydrogens is 284 g/mol. The van der Waals surface area contributed by atoms with Crippen molar-refractivity contribution in [1.29, 1.82) is 0 Å². The van der Waals surface area contributed by atoms with Gasteiger partial charge in [0.2, 0.25) is 12.3 Å². The zero-order valence-corrected chi connectivity index (χ0v) is 13.1. The molecule has 0 aromatic carbocycles. The SMILES string of the molecule is CCCCCC(CN(O)C=O)C(=O)NNc1ccc(C)cn1. The highest BCUT2D eigenvalue weighted by atomic mass is 16.5. The molecule has 1 heterocycles. The molecule has 0 saturated carbocycles. The van der Waals surface area contributed by atoms with E-state index in [0.29, 0.717) is 23.7 Å². The fraction of sp³-hybridized carbons (Fsp3) is 0.533. The smallest absolute Gasteiger partial charge is 0.243 e. The van der Waals surface area contributed by atoms with E-state index in [1.54, 1.807) is 12.3 Å². The lowest BCUT2D eigenvalue weighted by molar-refractivity contribution is -0.154. The van der Waals surface area contributed by atoms with Crippen LogP contribution in [0.1, 0.15) is 38.2 Å². The van der Waals surface area contributed by atoms with Crippen LogP contribution in [0, 0.1) is 12.8 Å². The first-order chi connectivity index (χ1) is 10.6. The molecule has 3 N–H and O–H groups in total. The standard InChI is InChI=1S/C15H24N4O3/c1-3-4-5-6-13(10-19(22)11-20)15(21)18-17-14-8-7-12(2)9-16-14/h7-9,11,13,22H,3-6,10H2,1-2H3,(H,16,17)(H,18,21). The third kappa shape index (κ3) is 6.53. The number of nitrogens with one attached hydrogen (secondary N) is 2. The number of rotatable bonds is 10. The number of hydroxylamine groups is 2. The maximum absolute atomic E-state index is 12.2. The average molecular weight is 308 g/mol. The van der Waals surface area contributed by atoms with E-state index in [1.165, 1.54) is 0 Å². The van der Waals surface area contributed by atoms with Crippen molar-refractivity contribution in [2.75, 3.05) is 12.0 Å². The molecule has 0 aliphatic heterocycles. The van der Waals surface area contributed by atoms with Gasteiger partial charge in [0.05, 0.1) is 12.5 Å². The Labute approximate surface area is 130 Å². The summed E-state index contributed by atoms with van der Waals surface area (Å²) in [6.45, 7) is 3.97. The molecule has 0 bridgehead atoms. The lowest BCUT2D eigenvalue weighted by Crippen LogP contribution is -2.40. The molecule has 0 aliphatic rings. The second kappa shape index (κ2) is 9.73. The first-order valence-corrected chi connectivity index (χ1v) is 7.46. The second-order valence-electron chi connectivity index (χ2n) is 5.26. The van der Waals surface area contributed by atoms with Crippen LogP contribution in [0.15, 0.2) is 18.3 Å². The second-order valence-corrected chi connectivity index (χ2v) is 5.26. The van der Waals surface area contributed by atoms with Crippen LogP contribution < -0.4 is 10.9 Å². The molecule has 0 saturated heterocycles. The lowest BCUT2D eigenvalue weighted by atomic mass is 10.0. The van der Waals surface area contributed by atoms with E-state index in [9.17, 15) is 14.8 Å². The molecule has 1 aromatic rings. The summed E-state index contributed by atoms with van der Waals surface area (Å²) in [5.74, 6) is -0.221. The number of carbonyl (C=O) groups excluding carboxylic acids is 2. The predicted octanol–water partition coefficient (Wildman–Crippen LogP) is 1.88. The van der Waals surface area contributed by atoms with Gasteiger partial charge in [0.25, 0.3) is 0 Å². The summed E-state index contributed by atoms with van der Waals surface area (Å²) >= 11 is 0. The van der Waals surface area contributed by atoms with Gasteiger partial charge in [-0.3, -0.25) is 25.6 Å². The maximum atomic E-state index is 12.2. The van der Waals surface area contributed by atoms with Gasteiger partial charge in [0.15, 0.2) is 0 Å². The van der Waals surface area contributed by atoms with E-state index < -0.39 is 5.92 Å². The van der Waals surface area contributed by atoms with Crippen LogP contribution in [-0.4, -0.2) is 34.1 Å². The highest BCUT2D eigenvalue weighted by Gasteiger charge is 2.20. The number of aryl methyl sites for hydroxylation is 1. The molecule has 22 heavy (non-hydrogen) atoms. The van der Waals surface area contributed by atoms with Gasteiger partial charge in [-0.15, -0.1) is 0 Å². The van der Waals surface area contributed by atoms with Gasteiger partial charge < -0.3 is 0 Å². The van der Waals surface area contributed by atoms with Crippen molar-refractivity contribution in [3.63, 3.8) is 0 Å². The summed E-state index contributed by atoms with van der Waals surface area (Å²) in [5, 5.41) is 9.80. The zero-order chi connectivity index (χ0) is 16.4. The van der Waals surface area contributed by atoms with Crippen molar-refractivity contribution >= 4 is 18.1 Å². The van der Waals surface area contributed by atoms with E-state index in [0.717, 1.165) is 24.8 Å². The number of amides is 2. The fourth-order valence-corrected chi connectivity index (χ4v) is 1.98. The minimum Gasteiger partial charge on any atom is -0.286 e. The molecular formula is C15H24N4O3. The average Bonchev–Trinajstić information content (AvgIpc) is 2.53. The Kier molecular flexibility index (Phi) is 7.91. The van der Waals surface area contributed by atoms with Crippen LogP contribution in [0.3, 0.4) is 0 Å². The van der Waals surface area contributed by atoms with Crippen molar-refractivity contribution < 1.29 is 14.8 Å². The van der Waals surface area contributed by atoms with Gasteiger partial charge >= 0.3 is 0 Å². The third-order valence-corrected chi connectivity index (χ3v) is 3.28. The Hall–Kier alpha value is -2.15. The van der Waals surface area contributed by atoms with E-state index in [4.69, 9.17) is 0 Å². The molecule has 122 valence electrons. The summed E-state index contributed by atoms with van der Waals surface area (Å²) in [5.41, 5.74) is 6.33. The Bertz CT molecular complexity index is 464. The van der Waals surface area contributed by atoms with Gasteiger partial charge in [-0.1, -0.05) is 32.3 Å². The number of aromatic nitrogens is 1. The van der Waals surface area contributed by atoms with Crippen LogP contribution in [0.2, 0.25) is 0 Å². The largest absolute Gasteiger partial charge is 0.286 e. The Balaban J connectivity index is 2.53. The molecule has 1 atom stereocenters. The molecule has 0 aliphatic carbocycles. The van der Waals surface area contributed by atoms with Gasteiger partial charge in [-0.05, 0) is 25.0 Å². The number of unbranched alkanes of at least 4 members (excludes halogenated alkanes) is 2. The van der Waals surface area contributed by atoms with Crippen molar-refractivity contribution in [2.24, 2.45) is 5.92 Å². The summed E-state index contributed by atoms with van der Waals surface area (Å²) in [6, 6.07) is 3.63. The molecule has 7 heteroatoms. The van der Waals surface area contributed by atoms with Crippen LogP contribution in [0.25, 0.3) is 0 Å². The van der Waals surface area contributed by atoms with Crippen molar-refractivity contribution in [2.45, 2.75) is 39.5 Å². The number of anilines is 1. The molecule has 1 unspecified atom stereocenters. The molecule has 1 aromatic heterocycles. The van der Waals surface area contributed by atoms with Crippen LogP contribution >= 0.6 is 0 Å². The summed E-state index contributed by atoms with van der Waals surface area (Å²) in [7, 11) is 0. The first-order valence-electron chi connectivity index (χ1n) is 7.46. The van der Waals surface area contributed by atoms with Gasteiger partial charge in [0, 0.05) is 6.20 Å². The quantitative estimate of drug-likeness (QED) is 0.265. The van der Waals surface area contributed by atoms with Crippen LogP contribution in [0.5, 0.6) is 0 Å². The minimum absolute atomic E-state index is 0.0257. The number of hydrazine groups is 1. The van der Waals surface area contributed by atoms with Crippen LogP contribution in [-0.2, 0) is 9.59 Å². The predicted molar refractivity (Wildman–Crippen MR) is 82.9 cm³/mol. The van der Waals surface area contributed by atoms with E-state index in [2.05, 4.69) is 22.8 Å². The third-order valence-electron chi connectivity index (χ3n) is 3.28. The zero-order valence-electron chi connectivity index (χ0n) is 13.1. The highest BCUT2D eigenvalue weighted by Crippen LogP contribution is 2.11. The van der Waals surface area contributed by atoms with Crippen molar-refractivity contribution in [3.05, 3.63) is 23.9 Å². The highest BCUT2D eigenvalue weighted by molar-refractivity contribution is 5.80. The maximum Gasteiger partial charge on any atom is 0.243 e. The molecule has 7 nitrogen and oxygen atoms in total. The van der Waals surface area contributed by atoms with Gasteiger partial charge in [-0.2, -0.15) is 0 Å². The van der Waals surface area contributed by atoms with E-state index >= 15 is 0 Å². The molecule has 1 rings (SSSR count). The van der Waals surface area contributed by atoms with Crippen LogP contribution in [0.4, 0.5) is 5.82 Å². The van der Waals surface area contributed by atoms with E-state index in [1.807, 2.05) is 13.0 Å². The monoisotopic (exact) mass is 308 g/mol. The molecule has 2 amide bonds. The lowest BCUT2D eigenvalue weighted by Gasteiger charge is -2.19. The first kappa shape index (κ1) is 17.9. The number of hydrogen-bond donors (Lipinski definition) is 3. The number of nitrogens with zero attached hydrogens (tertiary/aromatic N) is 2. The minimum atomic E-state index is -0.473. The van der Waals surface area contributed by atoms with Gasteiger partial charge in [-0.25, -0.2) is 10.0 Å². The van der Waals surface area contributed by atoms with Crippen molar-refractivity contribution in [1.82, 2.24) is 15.5 Å². The Morgan fingerprint density at radius 3 is 2.82 bits per heavy atom. The van der Waals surface area contributed by atoms with Gasteiger partial charge in [0.1, 0.15) is 5.82 Å². The summed E-state index contributed by atoms with van der Waals surface area (Å²) in [6.07, 6.45) is 5.50. The van der Waals surface area contributed by atoms with Crippen molar-refractivity contribution in [3.8, 4) is 0 Å². The summed E-state index contributed by atoms with van der Waals surface area (Å²) in [4.78, 5) is 26.8.